The molecule has 0 bridgehead atoms. The highest BCUT2D eigenvalue weighted by Crippen LogP contribution is 2.68. The summed E-state index contributed by atoms with van der Waals surface area (Å²) in [5.41, 5.74) is 8.54. The van der Waals surface area contributed by atoms with Gasteiger partial charge in [0.1, 0.15) is 0 Å². The number of allylic oxidation sites excluding steroid dienone is 1. The highest BCUT2D eigenvalue weighted by Gasteiger charge is 2.63. The van der Waals surface area contributed by atoms with E-state index < -0.39 is 0 Å². The number of nitrogens with zero attached hydrogens (tertiary/aromatic N) is 3. The van der Waals surface area contributed by atoms with Gasteiger partial charge >= 0.3 is 0 Å². The molecule has 7 heteroatoms. The Hall–Kier alpha value is -1.56. The number of azide groups is 1. The van der Waals surface area contributed by atoms with Gasteiger partial charge < -0.3 is 15.5 Å². The number of carbonyl (C=O) groups is 1. The molecule has 0 spiro atoms. The average Bonchev–Trinajstić information content (AvgIpc) is 3.17. The molecule has 7 nitrogen and oxygen atoms in total. The van der Waals surface area contributed by atoms with Crippen LogP contribution in [0.5, 0.6) is 0 Å². The Balaban J connectivity index is 1.39. The first-order valence-corrected chi connectivity index (χ1v) is 13.5. The second-order valence-electron chi connectivity index (χ2n) is 12.3. The summed E-state index contributed by atoms with van der Waals surface area (Å²) >= 11 is 0. The first-order valence-electron chi connectivity index (χ1n) is 13.5. The van der Waals surface area contributed by atoms with Crippen molar-refractivity contribution in [1.29, 1.82) is 0 Å². The van der Waals surface area contributed by atoms with E-state index in [2.05, 4.69) is 36.1 Å². The number of aliphatic hydroxyl groups is 2. The molecule has 4 fully saturated rings. The van der Waals surface area contributed by atoms with E-state index in [-0.39, 0.29) is 35.6 Å². The van der Waals surface area contributed by atoms with Crippen LogP contribution in [0.4, 0.5) is 0 Å². The minimum Gasteiger partial charge on any atom is -0.393 e. The smallest absolute Gasteiger partial charge is 0.243 e. The minimum absolute atomic E-state index is 0.0195. The van der Waals surface area contributed by atoms with Crippen molar-refractivity contribution < 1.29 is 15.0 Å². The molecule has 34 heavy (non-hydrogen) atoms. The van der Waals surface area contributed by atoms with Crippen LogP contribution in [0.2, 0.25) is 0 Å². The SMILES string of the molecule is C[C@H](CC/C=C/C(=O)NCN=[N+]=[N-])[C@H]1CC[C@H]2[C@@H]3CC[C@@H]4C[C@H](O)CC[C@]4(C)[C@H]3CC(O)[C@]12C. The first-order chi connectivity index (χ1) is 16.2. The zero-order valence-electron chi connectivity index (χ0n) is 21.2. The Kier molecular flexibility index (Phi) is 7.66. The zero-order chi connectivity index (χ0) is 24.5. The van der Waals surface area contributed by atoms with Gasteiger partial charge in [-0.15, -0.1) is 0 Å². The van der Waals surface area contributed by atoms with E-state index in [4.69, 9.17) is 5.53 Å². The van der Waals surface area contributed by atoms with Crippen molar-refractivity contribution in [3.8, 4) is 0 Å². The van der Waals surface area contributed by atoms with Crippen LogP contribution in [0.3, 0.4) is 0 Å². The van der Waals surface area contributed by atoms with E-state index >= 15 is 0 Å². The van der Waals surface area contributed by atoms with Crippen LogP contribution in [0, 0.1) is 46.3 Å². The number of carbonyl (C=O) groups excluding carboxylic acids is 1. The van der Waals surface area contributed by atoms with Crippen LogP contribution in [-0.2, 0) is 4.79 Å². The summed E-state index contributed by atoms with van der Waals surface area (Å²) in [6.07, 6.45) is 13.7. The second kappa shape index (κ2) is 10.2. The number of fused-ring (bicyclic) bond motifs is 5. The first kappa shape index (κ1) is 25.5. The second-order valence-corrected chi connectivity index (χ2v) is 12.3. The summed E-state index contributed by atoms with van der Waals surface area (Å²) in [5, 5.41) is 27.8. The van der Waals surface area contributed by atoms with Crippen molar-refractivity contribution in [3.05, 3.63) is 22.6 Å². The molecular weight excluding hydrogens is 428 g/mol. The van der Waals surface area contributed by atoms with Gasteiger partial charge in [0.2, 0.25) is 5.91 Å². The molecule has 1 unspecified atom stereocenters. The summed E-state index contributed by atoms with van der Waals surface area (Å²) in [5.74, 6) is 3.28. The van der Waals surface area contributed by atoms with Crippen LogP contribution in [0.25, 0.3) is 10.4 Å². The summed E-state index contributed by atoms with van der Waals surface area (Å²) in [7, 11) is 0. The molecule has 0 aliphatic heterocycles. The van der Waals surface area contributed by atoms with Crippen molar-refractivity contribution >= 4 is 5.91 Å². The predicted molar refractivity (Wildman–Crippen MR) is 132 cm³/mol. The summed E-state index contributed by atoms with van der Waals surface area (Å²) in [6.45, 7) is 7.15. The highest BCUT2D eigenvalue weighted by molar-refractivity contribution is 5.87. The number of aliphatic hydroxyl groups excluding tert-OH is 2. The van der Waals surface area contributed by atoms with Gasteiger partial charge in [-0.25, -0.2) is 0 Å². The molecule has 4 aliphatic rings. The number of amides is 1. The number of rotatable bonds is 7. The quantitative estimate of drug-likeness (QED) is 0.201. The lowest BCUT2D eigenvalue weighted by molar-refractivity contribution is -0.174. The third-order valence-corrected chi connectivity index (χ3v) is 10.9. The van der Waals surface area contributed by atoms with Crippen molar-refractivity contribution in [2.24, 2.45) is 51.5 Å². The van der Waals surface area contributed by atoms with Gasteiger partial charge in [0.25, 0.3) is 0 Å². The maximum Gasteiger partial charge on any atom is 0.243 e. The lowest BCUT2D eigenvalue weighted by Gasteiger charge is -2.62. The Morgan fingerprint density at radius 2 is 1.97 bits per heavy atom. The molecule has 0 heterocycles. The number of nitrogens with one attached hydrogen (secondary N) is 1. The monoisotopic (exact) mass is 472 g/mol. The fourth-order valence-electron chi connectivity index (χ4n) is 9.11. The molecule has 0 aromatic heterocycles. The van der Waals surface area contributed by atoms with Gasteiger partial charge in [-0.3, -0.25) is 4.79 Å². The predicted octanol–water partition coefficient (Wildman–Crippen LogP) is 5.33. The standard InChI is InChI=1S/C27H44N4O3/c1-17(6-4-5-7-25(34)29-16-30-31-28)21-10-11-22-20-9-8-18-14-19(32)12-13-26(18,2)23(20)15-24(33)27(21,22)3/h5,7,17-24,32-33H,4,6,8-16H2,1-3H3,(H,29,34)/b7-5+/t17-,18-,19-,20+,21-,22+,23+,24?,26+,27-/m1/s1. The van der Waals surface area contributed by atoms with Crippen molar-refractivity contribution in [2.75, 3.05) is 6.67 Å². The molecule has 4 rings (SSSR count). The average molecular weight is 473 g/mol. The fourth-order valence-corrected chi connectivity index (χ4v) is 9.11. The van der Waals surface area contributed by atoms with E-state index in [9.17, 15) is 15.0 Å². The lowest BCUT2D eigenvalue weighted by Crippen LogP contribution is -2.58. The van der Waals surface area contributed by atoms with Crippen LogP contribution in [-0.4, -0.2) is 35.0 Å². The van der Waals surface area contributed by atoms with E-state index in [1.165, 1.54) is 31.8 Å². The van der Waals surface area contributed by atoms with Gasteiger partial charge in [0.05, 0.1) is 18.9 Å². The third kappa shape index (κ3) is 4.52. The van der Waals surface area contributed by atoms with E-state index in [0.717, 1.165) is 38.5 Å². The van der Waals surface area contributed by atoms with Crippen molar-refractivity contribution in [3.63, 3.8) is 0 Å². The van der Waals surface area contributed by atoms with Crippen LogP contribution in [0.1, 0.15) is 85.0 Å². The molecule has 190 valence electrons. The van der Waals surface area contributed by atoms with Gasteiger partial charge in [-0.2, -0.15) is 0 Å². The molecular formula is C27H44N4O3. The number of hydrogen-bond donors (Lipinski definition) is 3. The summed E-state index contributed by atoms with van der Waals surface area (Å²) < 4.78 is 0. The third-order valence-electron chi connectivity index (χ3n) is 10.9. The molecule has 0 aromatic carbocycles. The van der Waals surface area contributed by atoms with Gasteiger partial charge in [0, 0.05) is 4.91 Å². The molecule has 4 aliphatic carbocycles. The summed E-state index contributed by atoms with van der Waals surface area (Å²) in [4.78, 5) is 14.4. The molecule has 0 aromatic rings. The molecule has 0 saturated heterocycles. The fraction of sp³-hybridized carbons (Fsp3) is 0.889. The summed E-state index contributed by atoms with van der Waals surface area (Å²) in [6, 6.07) is 0. The van der Waals surface area contributed by atoms with Gasteiger partial charge in [0.15, 0.2) is 0 Å². The molecule has 3 N–H and O–H groups in total. The molecule has 0 radical (unpaired) electrons. The van der Waals surface area contributed by atoms with Gasteiger partial charge in [-0.05, 0) is 122 Å². The van der Waals surface area contributed by atoms with Crippen molar-refractivity contribution in [1.82, 2.24) is 5.32 Å². The maximum absolute atomic E-state index is 11.8. The van der Waals surface area contributed by atoms with Crippen LogP contribution >= 0.6 is 0 Å². The normalized spacial score (nSPS) is 44.4. The topological polar surface area (TPSA) is 118 Å². The van der Waals surface area contributed by atoms with Crippen LogP contribution in [0.15, 0.2) is 17.3 Å². The molecule has 10 atom stereocenters. The van der Waals surface area contributed by atoms with E-state index in [0.29, 0.717) is 35.5 Å². The lowest BCUT2D eigenvalue weighted by atomic mass is 9.43. The molecule has 4 saturated carbocycles. The maximum atomic E-state index is 11.8. The number of hydrogen-bond acceptors (Lipinski definition) is 4. The Morgan fingerprint density at radius 1 is 1.18 bits per heavy atom. The van der Waals surface area contributed by atoms with Crippen molar-refractivity contribution in [2.45, 2.75) is 97.2 Å². The largest absolute Gasteiger partial charge is 0.393 e. The zero-order valence-corrected chi connectivity index (χ0v) is 21.2. The Morgan fingerprint density at radius 3 is 2.74 bits per heavy atom. The minimum atomic E-state index is -0.252. The Labute approximate surface area is 204 Å². The van der Waals surface area contributed by atoms with Crippen LogP contribution < -0.4 is 5.32 Å². The van der Waals surface area contributed by atoms with E-state index in [1.807, 2.05) is 6.08 Å². The van der Waals surface area contributed by atoms with E-state index in [1.54, 1.807) is 0 Å². The van der Waals surface area contributed by atoms with Gasteiger partial charge in [-0.1, -0.05) is 32.0 Å². The highest BCUT2D eigenvalue weighted by atomic mass is 16.3. The Bertz CT molecular complexity index is 827. The molecule has 1 amide bonds.